The average Bonchev–Trinajstić information content (AvgIpc) is 3.00. The van der Waals surface area contributed by atoms with E-state index in [0.717, 1.165) is 28.2 Å². The van der Waals surface area contributed by atoms with Gasteiger partial charge < -0.3 is 20.1 Å². The molecule has 5 heteroatoms. The average molecular weight is 545 g/mol. The third-order valence-electron chi connectivity index (χ3n) is 7.22. The van der Waals surface area contributed by atoms with Crippen LogP contribution in [0.25, 0.3) is 21.9 Å². The van der Waals surface area contributed by atoms with Crippen LogP contribution < -0.4 is 20.1 Å². The molecule has 1 amide bonds. The molecule has 0 saturated heterocycles. The highest BCUT2D eigenvalue weighted by molar-refractivity contribution is 5.85. The quantitative estimate of drug-likeness (QED) is 0.163. The van der Waals surface area contributed by atoms with E-state index in [2.05, 4.69) is 102 Å². The predicted molar refractivity (Wildman–Crippen MR) is 166 cm³/mol. The normalized spacial score (nSPS) is 10.9. The molecule has 0 heterocycles. The molecule has 0 aromatic heterocycles. The molecule has 0 unspecified atom stereocenters. The number of hydrogen-bond acceptors (Lipinski definition) is 4. The zero-order valence-corrected chi connectivity index (χ0v) is 23.7. The van der Waals surface area contributed by atoms with Gasteiger partial charge in [0.1, 0.15) is 24.7 Å². The van der Waals surface area contributed by atoms with Crippen LogP contribution in [0.5, 0.6) is 11.5 Å². The summed E-state index contributed by atoms with van der Waals surface area (Å²) in [7, 11) is 0. The summed E-state index contributed by atoms with van der Waals surface area (Å²) < 4.78 is 12.7. The van der Waals surface area contributed by atoms with Crippen molar-refractivity contribution in [1.82, 2.24) is 10.6 Å². The van der Waals surface area contributed by atoms with Crippen LogP contribution in [0, 0.1) is 6.92 Å². The van der Waals surface area contributed by atoms with Crippen LogP contribution >= 0.6 is 0 Å². The van der Waals surface area contributed by atoms with E-state index in [9.17, 15) is 4.79 Å². The van der Waals surface area contributed by atoms with E-state index in [0.29, 0.717) is 32.8 Å². The second kappa shape index (κ2) is 13.6. The first-order valence-corrected chi connectivity index (χ1v) is 14.0. The fraction of sp³-hybridized carbons (Fsp3) is 0.194. The number of rotatable bonds is 12. The zero-order chi connectivity index (χ0) is 28.4. The molecule has 0 spiro atoms. The molecular weight excluding hydrogens is 508 g/mol. The maximum Gasteiger partial charge on any atom is 0.216 e. The molecule has 0 bridgehead atoms. The van der Waals surface area contributed by atoms with Crippen molar-refractivity contribution in [3.8, 4) is 22.6 Å². The summed E-state index contributed by atoms with van der Waals surface area (Å²) in [6.45, 7) is 6.43. The van der Waals surface area contributed by atoms with Crippen LogP contribution in [-0.2, 0) is 24.6 Å². The maximum absolute atomic E-state index is 11.2. The Morgan fingerprint density at radius 2 is 1.44 bits per heavy atom. The molecule has 0 aliphatic rings. The topological polar surface area (TPSA) is 59.6 Å². The molecular formula is C36H36N2O3. The van der Waals surface area contributed by atoms with Crippen LogP contribution in [0.4, 0.5) is 0 Å². The number of ether oxygens (including phenoxy) is 2. The van der Waals surface area contributed by atoms with E-state index in [-0.39, 0.29) is 5.91 Å². The van der Waals surface area contributed by atoms with Crippen molar-refractivity contribution >= 4 is 16.7 Å². The largest absolute Gasteiger partial charge is 0.489 e. The van der Waals surface area contributed by atoms with Crippen LogP contribution in [0.3, 0.4) is 0 Å². The van der Waals surface area contributed by atoms with Gasteiger partial charge in [0.15, 0.2) is 0 Å². The summed E-state index contributed by atoms with van der Waals surface area (Å²) in [5, 5.41) is 8.59. The molecule has 5 aromatic rings. The summed E-state index contributed by atoms with van der Waals surface area (Å²) >= 11 is 0. The van der Waals surface area contributed by atoms with Crippen molar-refractivity contribution in [3.05, 3.63) is 131 Å². The van der Waals surface area contributed by atoms with Gasteiger partial charge in [-0.3, -0.25) is 4.79 Å². The Bertz CT molecular complexity index is 1610. The van der Waals surface area contributed by atoms with Gasteiger partial charge in [-0.05, 0) is 51.6 Å². The number of amides is 1. The molecule has 208 valence electrons. The van der Waals surface area contributed by atoms with Gasteiger partial charge in [0.05, 0.1) is 0 Å². The summed E-state index contributed by atoms with van der Waals surface area (Å²) in [6.07, 6.45) is 0. The summed E-state index contributed by atoms with van der Waals surface area (Å²) in [5.41, 5.74) is 6.94. The number of hydrogen-bond donors (Lipinski definition) is 2. The number of carbonyl (C=O) groups is 1. The molecule has 0 aliphatic heterocycles. The third kappa shape index (κ3) is 7.33. The summed E-state index contributed by atoms with van der Waals surface area (Å²) in [6, 6.07) is 37.5. The standard InChI is InChI=1S/C36H36N2O3/c1-26-31(14-9-17-34(26)28-10-4-3-5-11-28)24-40-33-19-18-30(23-37-20-21-38-27(2)39)36(22-33)41-25-32-15-8-13-29-12-6-7-16-35(29)32/h3-19,22,37H,20-21,23-25H2,1-2H3,(H,38,39). The first kappa shape index (κ1) is 27.9. The van der Waals surface area contributed by atoms with Crippen molar-refractivity contribution in [1.29, 1.82) is 0 Å². The van der Waals surface area contributed by atoms with Gasteiger partial charge in [0.2, 0.25) is 5.91 Å². The van der Waals surface area contributed by atoms with Crippen molar-refractivity contribution in [2.45, 2.75) is 33.6 Å². The lowest BCUT2D eigenvalue weighted by Crippen LogP contribution is -2.30. The Labute approximate surface area is 242 Å². The first-order valence-electron chi connectivity index (χ1n) is 14.0. The highest BCUT2D eigenvalue weighted by Crippen LogP contribution is 2.30. The molecule has 0 saturated carbocycles. The number of nitrogens with one attached hydrogen (secondary N) is 2. The van der Waals surface area contributed by atoms with Crippen molar-refractivity contribution < 1.29 is 14.3 Å². The van der Waals surface area contributed by atoms with Gasteiger partial charge in [0.25, 0.3) is 0 Å². The van der Waals surface area contributed by atoms with E-state index in [1.54, 1.807) is 0 Å². The molecule has 5 nitrogen and oxygen atoms in total. The molecule has 5 rings (SSSR count). The third-order valence-corrected chi connectivity index (χ3v) is 7.22. The Morgan fingerprint density at radius 1 is 0.707 bits per heavy atom. The second-order valence-electron chi connectivity index (χ2n) is 10.1. The van der Waals surface area contributed by atoms with Gasteiger partial charge in [0, 0.05) is 38.2 Å². The van der Waals surface area contributed by atoms with Crippen molar-refractivity contribution in [3.63, 3.8) is 0 Å². The highest BCUT2D eigenvalue weighted by atomic mass is 16.5. The smallest absolute Gasteiger partial charge is 0.216 e. The number of fused-ring (bicyclic) bond motifs is 1. The monoisotopic (exact) mass is 544 g/mol. The van der Waals surface area contributed by atoms with Crippen LogP contribution in [0.1, 0.15) is 29.2 Å². The van der Waals surface area contributed by atoms with E-state index in [1.165, 1.54) is 34.4 Å². The Morgan fingerprint density at radius 3 is 2.29 bits per heavy atom. The lowest BCUT2D eigenvalue weighted by atomic mass is 9.97. The predicted octanol–water partition coefficient (Wildman–Crippen LogP) is 7.20. The Balaban J connectivity index is 1.33. The lowest BCUT2D eigenvalue weighted by Gasteiger charge is -2.17. The van der Waals surface area contributed by atoms with Crippen molar-refractivity contribution in [2.24, 2.45) is 0 Å². The zero-order valence-electron chi connectivity index (χ0n) is 23.7. The van der Waals surface area contributed by atoms with Crippen LogP contribution in [0.15, 0.2) is 109 Å². The molecule has 0 fully saturated rings. The molecule has 5 aromatic carbocycles. The highest BCUT2D eigenvalue weighted by Gasteiger charge is 2.11. The summed E-state index contributed by atoms with van der Waals surface area (Å²) in [4.78, 5) is 11.2. The lowest BCUT2D eigenvalue weighted by molar-refractivity contribution is -0.118. The minimum Gasteiger partial charge on any atom is -0.489 e. The minimum atomic E-state index is -0.0306. The van der Waals surface area contributed by atoms with Crippen LogP contribution in [0.2, 0.25) is 0 Å². The number of carbonyl (C=O) groups excluding carboxylic acids is 1. The van der Waals surface area contributed by atoms with E-state index < -0.39 is 0 Å². The second-order valence-corrected chi connectivity index (χ2v) is 10.1. The SMILES string of the molecule is CC(=O)NCCNCc1ccc(OCc2cccc(-c3ccccc3)c2C)cc1OCc1cccc2ccccc12. The first-order chi connectivity index (χ1) is 20.1. The Hall–Kier alpha value is -4.61. The van der Waals surface area contributed by atoms with Gasteiger partial charge in [-0.15, -0.1) is 0 Å². The number of benzene rings is 5. The van der Waals surface area contributed by atoms with E-state index in [1.807, 2.05) is 24.3 Å². The van der Waals surface area contributed by atoms with Gasteiger partial charge >= 0.3 is 0 Å². The molecule has 2 N–H and O–H groups in total. The van der Waals surface area contributed by atoms with Crippen molar-refractivity contribution in [2.75, 3.05) is 13.1 Å². The van der Waals surface area contributed by atoms with Gasteiger partial charge in [-0.2, -0.15) is 0 Å². The molecule has 41 heavy (non-hydrogen) atoms. The van der Waals surface area contributed by atoms with E-state index in [4.69, 9.17) is 9.47 Å². The maximum atomic E-state index is 11.2. The molecule has 0 radical (unpaired) electrons. The van der Waals surface area contributed by atoms with Gasteiger partial charge in [-0.1, -0.05) is 97.1 Å². The fourth-order valence-electron chi connectivity index (χ4n) is 4.96. The molecule has 0 atom stereocenters. The van der Waals surface area contributed by atoms with Gasteiger partial charge in [-0.25, -0.2) is 0 Å². The van der Waals surface area contributed by atoms with E-state index >= 15 is 0 Å². The Kier molecular flexibility index (Phi) is 9.30. The minimum absolute atomic E-state index is 0.0306. The summed E-state index contributed by atoms with van der Waals surface area (Å²) in [5.74, 6) is 1.50. The molecule has 0 aliphatic carbocycles. The van der Waals surface area contributed by atoms with Crippen LogP contribution in [-0.4, -0.2) is 19.0 Å². The fourth-order valence-corrected chi connectivity index (χ4v) is 4.96.